The molecule has 0 bridgehead atoms. The monoisotopic (exact) mass is 363 g/mol. The van der Waals surface area contributed by atoms with Gasteiger partial charge in [-0.2, -0.15) is 5.10 Å². The molecule has 0 unspecified atom stereocenters. The van der Waals surface area contributed by atoms with Gasteiger partial charge in [0.1, 0.15) is 0 Å². The molecular formula is C21H21N3O3. The van der Waals surface area contributed by atoms with Gasteiger partial charge in [0.05, 0.1) is 24.1 Å². The number of pyridine rings is 1. The Morgan fingerprint density at radius 2 is 2.04 bits per heavy atom. The van der Waals surface area contributed by atoms with E-state index >= 15 is 0 Å². The molecular weight excluding hydrogens is 342 g/mol. The van der Waals surface area contributed by atoms with Gasteiger partial charge < -0.3 is 4.74 Å². The molecule has 2 aromatic heterocycles. The average molecular weight is 363 g/mol. The van der Waals surface area contributed by atoms with Crippen LogP contribution in [0.15, 0.2) is 36.7 Å². The zero-order chi connectivity index (χ0) is 19.6. The summed E-state index contributed by atoms with van der Waals surface area (Å²) < 4.78 is 6.55. The number of benzene rings is 1. The summed E-state index contributed by atoms with van der Waals surface area (Å²) in [6, 6.07) is 7.43. The maximum Gasteiger partial charge on any atom is 0.338 e. The van der Waals surface area contributed by atoms with Crippen molar-refractivity contribution < 1.29 is 14.3 Å². The zero-order valence-electron chi connectivity index (χ0n) is 15.8. The zero-order valence-corrected chi connectivity index (χ0v) is 15.8. The number of aryl methyl sites for hydroxylation is 3. The Morgan fingerprint density at radius 3 is 2.59 bits per heavy atom. The van der Waals surface area contributed by atoms with Gasteiger partial charge in [-0.1, -0.05) is 6.07 Å². The standard InChI is InChI=1S/C21H21N3O3/c1-13-7-17(12-25)18(21(26)27-4)9-16(13)8-15-5-6-20(22-10-15)19-11-24(3)23-14(19)2/h5-7,9-12H,8H2,1-4H3. The Hall–Kier alpha value is -3.28. The van der Waals surface area contributed by atoms with Crippen LogP contribution in [0.2, 0.25) is 0 Å². The molecule has 3 rings (SSSR count). The van der Waals surface area contributed by atoms with E-state index < -0.39 is 5.97 Å². The lowest BCUT2D eigenvalue weighted by Gasteiger charge is -2.11. The molecule has 0 radical (unpaired) electrons. The van der Waals surface area contributed by atoms with Gasteiger partial charge in [-0.05, 0) is 55.2 Å². The molecule has 0 saturated carbocycles. The average Bonchev–Trinajstić information content (AvgIpc) is 3.01. The summed E-state index contributed by atoms with van der Waals surface area (Å²) in [5, 5.41) is 4.34. The lowest BCUT2D eigenvalue weighted by molar-refractivity contribution is 0.0598. The Labute approximate surface area is 157 Å². The van der Waals surface area contributed by atoms with Gasteiger partial charge in [0.25, 0.3) is 0 Å². The quantitative estimate of drug-likeness (QED) is 0.514. The fourth-order valence-electron chi connectivity index (χ4n) is 3.11. The summed E-state index contributed by atoms with van der Waals surface area (Å²) in [5.41, 5.74) is 6.33. The fraction of sp³-hybridized carbons (Fsp3) is 0.238. The van der Waals surface area contributed by atoms with E-state index in [0.29, 0.717) is 18.3 Å². The van der Waals surface area contributed by atoms with Crippen molar-refractivity contribution in [1.82, 2.24) is 14.8 Å². The van der Waals surface area contributed by atoms with E-state index in [-0.39, 0.29) is 5.56 Å². The number of methoxy groups -OCH3 is 1. The van der Waals surface area contributed by atoms with Crippen LogP contribution in [0.4, 0.5) is 0 Å². The molecule has 0 aliphatic carbocycles. The van der Waals surface area contributed by atoms with E-state index in [1.807, 2.05) is 45.4 Å². The Bertz CT molecular complexity index is 1000. The number of rotatable bonds is 5. The molecule has 0 saturated heterocycles. The number of carbonyl (C=O) groups excluding carboxylic acids is 2. The lowest BCUT2D eigenvalue weighted by Crippen LogP contribution is -2.08. The van der Waals surface area contributed by atoms with Crippen molar-refractivity contribution in [2.75, 3.05) is 7.11 Å². The summed E-state index contributed by atoms with van der Waals surface area (Å²) in [6.45, 7) is 3.88. The summed E-state index contributed by atoms with van der Waals surface area (Å²) in [5.74, 6) is -0.515. The number of hydrogen-bond donors (Lipinski definition) is 0. The van der Waals surface area contributed by atoms with Gasteiger partial charge in [0.15, 0.2) is 6.29 Å². The second kappa shape index (κ2) is 7.53. The van der Waals surface area contributed by atoms with Crippen LogP contribution in [0.25, 0.3) is 11.3 Å². The van der Waals surface area contributed by atoms with Crippen molar-refractivity contribution >= 4 is 12.3 Å². The second-order valence-electron chi connectivity index (χ2n) is 6.51. The minimum absolute atomic E-state index is 0.281. The van der Waals surface area contributed by atoms with Gasteiger partial charge in [0.2, 0.25) is 0 Å². The van der Waals surface area contributed by atoms with E-state index in [4.69, 9.17) is 4.74 Å². The molecule has 6 nitrogen and oxygen atoms in total. The molecule has 0 N–H and O–H groups in total. The van der Waals surface area contributed by atoms with E-state index in [1.165, 1.54) is 7.11 Å². The second-order valence-corrected chi connectivity index (χ2v) is 6.51. The van der Waals surface area contributed by atoms with Gasteiger partial charge in [0, 0.05) is 30.6 Å². The van der Waals surface area contributed by atoms with Crippen LogP contribution < -0.4 is 0 Å². The topological polar surface area (TPSA) is 74.1 Å². The van der Waals surface area contributed by atoms with Crippen molar-refractivity contribution in [2.45, 2.75) is 20.3 Å². The first-order valence-electron chi connectivity index (χ1n) is 8.55. The van der Waals surface area contributed by atoms with Crippen molar-refractivity contribution in [1.29, 1.82) is 0 Å². The number of esters is 1. The van der Waals surface area contributed by atoms with Gasteiger partial charge in [-0.25, -0.2) is 4.79 Å². The van der Waals surface area contributed by atoms with Crippen LogP contribution in [-0.2, 0) is 18.2 Å². The van der Waals surface area contributed by atoms with Gasteiger partial charge >= 0.3 is 5.97 Å². The number of aldehydes is 1. The van der Waals surface area contributed by atoms with Crippen LogP contribution in [0.3, 0.4) is 0 Å². The third-order valence-electron chi connectivity index (χ3n) is 4.55. The van der Waals surface area contributed by atoms with Crippen LogP contribution in [0, 0.1) is 13.8 Å². The first kappa shape index (κ1) is 18.5. The third kappa shape index (κ3) is 3.79. The first-order chi connectivity index (χ1) is 12.9. The highest BCUT2D eigenvalue weighted by Crippen LogP contribution is 2.23. The SMILES string of the molecule is COC(=O)c1cc(Cc2ccc(-c3cn(C)nc3C)nc2)c(C)cc1C=O. The Kier molecular flexibility index (Phi) is 5.16. The van der Waals surface area contributed by atoms with Crippen LogP contribution in [-0.4, -0.2) is 34.1 Å². The summed E-state index contributed by atoms with van der Waals surface area (Å²) >= 11 is 0. The number of ether oxygens (including phenoxy) is 1. The minimum Gasteiger partial charge on any atom is -0.465 e. The van der Waals surface area contributed by atoms with E-state index in [1.54, 1.807) is 16.8 Å². The van der Waals surface area contributed by atoms with Crippen molar-refractivity contribution in [3.63, 3.8) is 0 Å². The normalized spacial score (nSPS) is 10.7. The lowest BCUT2D eigenvalue weighted by atomic mass is 9.95. The molecule has 6 heteroatoms. The highest BCUT2D eigenvalue weighted by Gasteiger charge is 2.15. The number of carbonyl (C=O) groups is 2. The number of hydrogen-bond acceptors (Lipinski definition) is 5. The van der Waals surface area contributed by atoms with E-state index in [9.17, 15) is 9.59 Å². The summed E-state index contributed by atoms with van der Waals surface area (Å²) in [4.78, 5) is 27.7. The molecule has 0 amide bonds. The summed E-state index contributed by atoms with van der Waals surface area (Å²) in [6.07, 6.45) is 5.05. The van der Waals surface area contributed by atoms with Crippen LogP contribution in [0.1, 0.15) is 43.1 Å². The Morgan fingerprint density at radius 1 is 1.26 bits per heavy atom. The van der Waals surface area contributed by atoms with Crippen molar-refractivity contribution in [3.8, 4) is 11.3 Å². The maximum atomic E-state index is 11.9. The first-order valence-corrected chi connectivity index (χ1v) is 8.55. The van der Waals surface area contributed by atoms with Crippen LogP contribution in [0.5, 0.6) is 0 Å². The molecule has 1 aromatic carbocycles. The summed E-state index contributed by atoms with van der Waals surface area (Å²) in [7, 11) is 3.19. The minimum atomic E-state index is -0.515. The predicted octanol–water partition coefficient (Wildman–Crippen LogP) is 3.29. The molecule has 0 aliphatic heterocycles. The molecule has 0 spiro atoms. The van der Waals surface area contributed by atoms with Gasteiger partial charge in [-0.3, -0.25) is 14.5 Å². The molecule has 0 aliphatic rings. The smallest absolute Gasteiger partial charge is 0.338 e. The maximum absolute atomic E-state index is 11.9. The fourth-order valence-corrected chi connectivity index (χ4v) is 3.11. The molecule has 0 atom stereocenters. The molecule has 2 heterocycles. The molecule has 27 heavy (non-hydrogen) atoms. The van der Waals surface area contributed by atoms with E-state index in [0.717, 1.165) is 33.6 Å². The highest BCUT2D eigenvalue weighted by molar-refractivity contribution is 5.98. The molecule has 0 fully saturated rings. The largest absolute Gasteiger partial charge is 0.465 e. The number of nitrogens with zero attached hydrogens (tertiary/aromatic N) is 3. The Balaban J connectivity index is 1.90. The number of aromatic nitrogens is 3. The van der Waals surface area contributed by atoms with Crippen molar-refractivity contribution in [2.24, 2.45) is 7.05 Å². The van der Waals surface area contributed by atoms with Gasteiger partial charge in [-0.15, -0.1) is 0 Å². The molecule has 3 aromatic rings. The third-order valence-corrected chi connectivity index (χ3v) is 4.55. The molecule has 138 valence electrons. The van der Waals surface area contributed by atoms with E-state index in [2.05, 4.69) is 10.1 Å². The predicted molar refractivity (Wildman–Crippen MR) is 102 cm³/mol. The van der Waals surface area contributed by atoms with Crippen LogP contribution >= 0.6 is 0 Å². The highest BCUT2D eigenvalue weighted by atomic mass is 16.5. The van der Waals surface area contributed by atoms with Crippen molar-refractivity contribution in [3.05, 3.63) is 70.2 Å².